The molecule has 1 aliphatic carbocycles. The molecule has 0 radical (unpaired) electrons. The molecule has 1 aromatic carbocycles. The van der Waals surface area contributed by atoms with Gasteiger partial charge in [0.05, 0.1) is 5.69 Å². The van der Waals surface area contributed by atoms with E-state index in [9.17, 15) is 4.79 Å². The van der Waals surface area contributed by atoms with E-state index < -0.39 is 0 Å². The number of carbonyl (C=O) groups excluding carboxylic acids is 1. The van der Waals surface area contributed by atoms with Gasteiger partial charge in [-0.1, -0.05) is 30.3 Å². The van der Waals surface area contributed by atoms with E-state index in [0.29, 0.717) is 31.1 Å². The van der Waals surface area contributed by atoms with Crippen LogP contribution in [0.3, 0.4) is 0 Å². The number of benzene rings is 1. The molecule has 0 saturated heterocycles. The van der Waals surface area contributed by atoms with E-state index in [1.165, 1.54) is 29.9 Å². The number of fused-ring (bicyclic) bond motifs is 1. The van der Waals surface area contributed by atoms with Gasteiger partial charge in [-0.3, -0.25) is 4.79 Å². The van der Waals surface area contributed by atoms with Crippen LogP contribution in [0.5, 0.6) is 11.5 Å². The molecule has 4 rings (SSSR count). The van der Waals surface area contributed by atoms with Crippen molar-refractivity contribution in [1.82, 2.24) is 14.9 Å². The van der Waals surface area contributed by atoms with Crippen molar-refractivity contribution in [3.8, 4) is 11.5 Å². The average molecular weight is 373 g/mol. The number of carbonyl (C=O) groups is 1. The van der Waals surface area contributed by atoms with Crippen LogP contribution >= 0.6 is 11.5 Å². The summed E-state index contributed by atoms with van der Waals surface area (Å²) in [4.78, 5) is 13.3. The number of nitrogens with one attached hydrogen (secondary N) is 1. The lowest BCUT2D eigenvalue weighted by atomic mass is 9.78. The van der Waals surface area contributed by atoms with Gasteiger partial charge in [0.1, 0.15) is 18.1 Å². The van der Waals surface area contributed by atoms with Crippen LogP contribution in [0.25, 0.3) is 0 Å². The first-order valence-electron chi connectivity index (χ1n) is 9.21. The minimum atomic E-state index is -0.0688. The number of aromatic nitrogens is 2. The lowest BCUT2D eigenvalue weighted by Crippen LogP contribution is -2.39. The fourth-order valence-corrected chi connectivity index (χ4v) is 4.60. The third kappa shape index (κ3) is 3.16. The molecule has 2 aliphatic rings. The van der Waals surface area contributed by atoms with Gasteiger partial charge in [0.2, 0.25) is 0 Å². The molecule has 6 nitrogen and oxygen atoms in total. The number of nitrogens with zero attached hydrogens (tertiary/aromatic N) is 2. The van der Waals surface area contributed by atoms with Crippen LogP contribution in [0.15, 0.2) is 18.2 Å². The molecule has 1 N–H and O–H groups in total. The van der Waals surface area contributed by atoms with Crippen LogP contribution in [0.2, 0.25) is 0 Å². The Labute approximate surface area is 157 Å². The average Bonchev–Trinajstić information content (AvgIpc) is 3.35. The van der Waals surface area contributed by atoms with Gasteiger partial charge in [0.25, 0.3) is 5.91 Å². The van der Waals surface area contributed by atoms with Crippen molar-refractivity contribution in [3.05, 3.63) is 34.3 Å². The molecule has 26 heavy (non-hydrogen) atoms. The second-order valence-corrected chi connectivity index (χ2v) is 7.68. The molecule has 2 aromatic rings. The molecule has 0 bridgehead atoms. The number of amides is 1. The van der Waals surface area contributed by atoms with Gasteiger partial charge in [-0.25, -0.2) is 0 Å². The van der Waals surface area contributed by atoms with Gasteiger partial charge in [0, 0.05) is 12.0 Å². The standard InChI is InChI=1S/C19H23N3O3S/c1-2-14-17(26-22-21-14)18(23)20-12-19(7-3-4-8-19)13-5-6-15-16(11-13)25-10-9-24-15/h5-6,11H,2-4,7-10,12H2,1H3,(H,20,23). The quantitative estimate of drug-likeness (QED) is 0.872. The summed E-state index contributed by atoms with van der Waals surface area (Å²) in [6.45, 7) is 3.78. The summed E-state index contributed by atoms with van der Waals surface area (Å²) in [6.07, 6.45) is 5.19. The molecule has 7 heteroatoms. The molecule has 0 atom stereocenters. The number of hydrogen-bond donors (Lipinski definition) is 1. The molecule has 1 aromatic heterocycles. The topological polar surface area (TPSA) is 73.3 Å². The number of hydrogen-bond acceptors (Lipinski definition) is 6. The second-order valence-electron chi connectivity index (χ2n) is 6.93. The Hall–Kier alpha value is -2.15. The summed E-state index contributed by atoms with van der Waals surface area (Å²) in [7, 11) is 0. The van der Waals surface area contributed by atoms with E-state index in [2.05, 4.69) is 27.0 Å². The summed E-state index contributed by atoms with van der Waals surface area (Å²) >= 11 is 1.17. The Morgan fingerprint density at radius 2 is 2.00 bits per heavy atom. The molecule has 1 aliphatic heterocycles. The summed E-state index contributed by atoms with van der Waals surface area (Å²) in [5, 5.41) is 7.18. The van der Waals surface area contributed by atoms with E-state index in [1.54, 1.807) is 0 Å². The third-order valence-electron chi connectivity index (χ3n) is 5.40. The van der Waals surface area contributed by atoms with Crippen LogP contribution in [0.1, 0.15) is 53.5 Å². The highest BCUT2D eigenvalue weighted by Gasteiger charge is 2.37. The minimum absolute atomic E-state index is 0.0456. The number of ether oxygens (including phenoxy) is 2. The Morgan fingerprint density at radius 3 is 2.77 bits per heavy atom. The van der Waals surface area contributed by atoms with Crippen molar-refractivity contribution in [3.63, 3.8) is 0 Å². The van der Waals surface area contributed by atoms with Crippen molar-refractivity contribution in [2.75, 3.05) is 19.8 Å². The molecule has 2 heterocycles. The summed E-state index contributed by atoms with van der Waals surface area (Å²) in [6, 6.07) is 6.21. The first-order chi connectivity index (χ1) is 12.7. The van der Waals surface area contributed by atoms with E-state index in [1.807, 2.05) is 13.0 Å². The second kappa shape index (κ2) is 7.23. The highest BCUT2D eigenvalue weighted by molar-refractivity contribution is 7.08. The first-order valence-corrected chi connectivity index (χ1v) is 9.99. The van der Waals surface area contributed by atoms with Crippen LogP contribution in [0, 0.1) is 0 Å². The lowest BCUT2D eigenvalue weighted by Gasteiger charge is -2.31. The van der Waals surface area contributed by atoms with Crippen molar-refractivity contribution in [2.24, 2.45) is 0 Å². The number of aryl methyl sites for hydroxylation is 1. The summed E-state index contributed by atoms with van der Waals surface area (Å²) < 4.78 is 15.3. The highest BCUT2D eigenvalue weighted by atomic mass is 32.1. The monoisotopic (exact) mass is 373 g/mol. The van der Waals surface area contributed by atoms with E-state index in [4.69, 9.17) is 9.47 Å². The molecule has 0 spiro atoms. The van der Waals surface area contributed by atoms with Crippen LogP contribution < -0.4 is 14.8 Å². The van der Waals surface area contributed by atoms with Crippen molar-refractivity contribution < 1.29 is 14.3 Å². The largest absolute Gasteiger partial charge is 0.486 e. The maximum Gasteiger partial charge on any atom is 0.264 e. The minimum Gasteiger partial charge on any atom is -0.486 e. The molecule has 1 fully saturated rings. The maximum absolute atomic E-state index is 12.6. The zero-order valence-corrected chi connectivity index (χ0v) is 15.7. The SMILES string of the molecule is CCc1nnsc1C(=O)NCC1(c2ccc3c(c2)OCCO3)CCCC1. The molecular formula is C19H23N3O3S. The first kappa shape index (κ1) is 17.3. The predicted molar refractivity (Wildman–Crippen MR) is 99.2 cm³/mol. The Balaban J connectivity index is 1.54. The predicted octanol–water partition coefficient (Wildman–Crippen LogP) is 3.11. The zero-order valence-electron chi connectivity index (χ0n) is 14.9. The molecule has 1 saturated carbocycles. The third-order valence-corrected chi connectivity index (χ3v) is 6.17. The molecule has 0 unspecified atom stereocenters. The van der Waals surface area contributed by atoms with Gasteiger partial charge in [-0.15, -0.1) is 5.10 Å². The van der Waals surface area contributed by atoms with E-state index in [-0.39, 0.29) is 11.3 Å². The summed E-state index contributed by atoms with van der Waals surface area (Å²) in [5.74, 6) is 1.55. The van der Waals surface area contributed by atoms with Crippen LogP contribution in [-0.2, 0) is 11.8 Å². The van der Waals surface area contributed by atoms with Gasteiger partial charge in [-0.05, 0) is 48.5 Å². The van der Waals surface area contributed by atoms with Crippen LogP contribution in [-0.4, -0.2) is 35.3 Å². The Kier molecular flexibility index (Phi) is 4.80. The normalized spacial score (nSPS) is 17.9. The Morgan fingerprint density at radius 1 is 1.23 bits per heavy atom. The van der Waals surface area contributed by atoms with E-state index in [0.717, 1.165) is 30.0 Å². The van der Waals surface area contributed by atoms with Crippen molar-refractivity contribution >= 4 is 17.4 Å². The van der Waals surface area contributed by atoms with Crippen molar-refractivity contribution in [2.45, 2.75) is 44.4 Å². The summed E-state index contributed by atoms with van der Waals surface area (Å²) in [5.41, 5.74) is 1.95. The smallest absolute Gasteiger partial charge is 0.264 e. The van der Waals surface area contributed by atoms with Gasteiger partial charge < -0.3 is 14.8 Å². The highest BCUT2D eigenvalue weighted by Crippen LogP contribution is 2.43. The maximum atomic E-state index is 12.6. The fourth-order valence-electron chi connectivity index (χ4n) is 3.93. The van der Waals surface area contributed by atoms with Gasteiger partial charge in [0.15, 0.2) is 11.5 Å². The fraction of sp³-hybridized carbons (Fsp3) is 0.526. The van der Waals surface area contributed by atoms with E-state index >= 15 is 0 Å². The lowest BCUT2D eigenvalue weighted by molar-refractivity contribution is 0.0946. The van der Waals surface area contributed by atoms with Crippen molar-refractivity contribution in [1.29, 1.82) is 0 Å². The Bertz CT molecular complexity index is 799. The zero-order chi connectivity index (χ0) is 18.0. The van der Waals surface area contributed by atoms with Gasteiger partial charge in [-0.2, -0.15) is 0 Å². The molecule has 1 amide bonds. The van der Waals surface area contributed by atoms with Gasteiger partial charge >= 0.3 is 0 Å². The number of rotatable bonds is 5. The molecule has 138 valence electrons. The molecular weight excluding hydrogens is 350 g/mol. The van der Waals surface area contributed by atoms with Crippen LogP contribution in [0.4, 0.5) is 0 Å².